The Hall–Kier alpha value is -1.73. The number of likely N-dealkylation sites (tertiary alicyclic amines) is 1. The molecule has 3 unspecified atom stereocenters. The molecular formula is C15H15F6NO. The Bertz CT molecular complexity index is 615. The Kier molecular flexibility index (Phi) is 4.64. The van der Waals surface area contributed by atoms with Gasteiger partial charge in [0, 0.05) is 23.4 Å². The summed E-state index contributed by atoms with van der Waals surface area (Å²) >= 11 is 0. The zero-order valence-corrected chi connectivity index (χ0v) is 12.4. The third kappa shape index (κ3) is 3.45. The number of amides is 1. The first-order chi connectivity index (χ1) is 10.5. The van der Waals surface area contributed by atoms with Crippen molar-refractivity contribution in [1.29, 1.82) is 0 Å². The maximum Gasteiger partial charge on any atom is 0.406 e. The molecule has 3 atom stereocenters. The van der Waals surface area contributed by atoms with E-state index in [4.69, 9.17) is 0 Å². The van der Waals surface area contributed by atoms with Gasteiger partial charge in [0.15, 0.2) is 11.6 Å². The van der Waals surface area contributed by atoms with E-state index >= 15 is 0 Å². The van der Waals surface area contributed by atoms with E-state index in [-0.39, 0.29) is 6.42 Å². The number of alkyl halides is 3. The standard InChI is InChI=1S/C15H15F6NO/c1-7-5-9(12-10(16)3-4-11(17)13(12)18)8(2)22(14(7)23)6-15(19,20)21/h3-4,7-9H,5-6H2,1-2H3. The van der Waals surface area contributed by atoms with Gasteiger partial charge in [-0.1, -0.05) is 6.92 Å². The fourth-order valence-corrected chi connectivity index (χ4v) is 3.04. The second-order valence-corrected chi connectivity index (χ2v) is 5.82. The lowest BCUT2D eigenvalue weighted by atomic mass is 9.79. The molecule has 1 fully saturated rings. The fraction of sp³-hybridized carbons (Fsp3) is 0.533. The van der Waals surface area contributed by atoms with E-state index in [1.807, 2.05) is 0 Å². The van der Waals surface area contributed by atoms with Crippen LogP contribution >= 0.6 is 0 Å². The summed E-state index contributed by atoms with van der Waals surface area (Å²) in [5.41, 5.74) is -0.607. The highest BCUT2D eigenvalue weighted by molar-refractivity contribution is 5.80. The van der Waals surface area contributed by atoms with Crippen molar-refractivity contribution in [1.82, 2.24) is 4.90 Å². The minimum Gasteiger partial charge on any atom is -0.330 e. The first-order valence-electron chi connectivity index (χ1n) is 7.03. The molecule has 2 nitrogen and oxygen atoms in total. The molecule has 23 heavy (non-hydrogen) atoms. The second kappa shape index (κ2) is 6.05. The normalized spacial score (nSPS) is 25.8. The molecule has 128 valence electrons. The SMILES string of the molecule is CC1CC(c2c(F)ccc(F)c2F)C(C)N(CC(F)(F)F)C1=O. The summed E-state index contributed by atoms with van der Waals surface area (Å²) in [6.45, 7) is 1.16. The largest absolute Gasteiger partial charge is 0.406 e. The molecule has 0 bridgehead atoms. The average Bonchev–Trinajstić information content (AvgIpc) is 2.44. The lowest BCUT2D eigenvalue weighted by Crippen LogP contribution is -2.53. The fourth-order valence-electron chi connectivity index (χ4n) is 3.04. The van der Waals surface area contributed by atoms with Crippen LogP contribution in [0.4, 0.5) is 26.3 Å². The zero-order valence-electron chi connectivity index (χ0n) is 12.4. The summed E-state index contributed by atoms with van der Waals surface area (Å²) < 4.78 is 79.3. The highest BCUT2D eigenvalue weighted by Crippen LogP contribution is 2.39. The first kappa shape index (κ1) is 17.6. The van der Waals surface area contributed by atoms with Crippen LogP contribution in [0.1, 0.15) is 31.7 Å². The van der Waals surface area contributed by atoms with Gasteiger partial charge in [0.05, 0.1) is 0 Å². The van der Waals surface area contributed by atoms with Gasteiger partial charge in [0.25, 0.3) is 0 Å². The number of carbonyl (C=O) groups excluding carboxylic acids is 1. The Morgan fingerprint density at radius 2 is 1.70 bits per heavy atom. The van der Waals surface area contributed by atoms with Crippen molar-refractivity contribution < 1.29 is 31.1 Å². The van der Waals surface area contributed by atoms with Crippen molar-refractivity contribution in [3.05, 3.63) is 35.1 Å². The van der Waals surface area contributed by atoms with Crippen LogP contribution in [-0.4, -0.2) is 29.6 Å². The van der Waals surface area contributed by atoms with Gasteiger partial charge in [0.1, 0.15) is 12.4 Å². The van der Waals surface area contributed by atoms with Crippen LogP contribution in [0.15, 0.2) is 12.1 Å². The third-order valence-electron chi connectivity index (χ3n) is 4.19. The molecule has 0 aromatic heterocycles. The molecule has 0 spiro atoms. The van der Waals surface area contributed by atoms with Crippen LogP contribution in [0.2, 0.25) is 0 Å². The van der Waals surface area contributed by atoms with Crippen molar-refractivity contribution in [2.24, 2.45) is 5.92 Å². The predicted octanol–water partition coefficient (Wildman–Crippen LogP) is 4.01. The van der Waals surface area contributed by atoms with E-state index in [0.717, 1.165) is 6.07 Å². The number of hydrogen-bond acceptors (Lipinski definition) is 1. The van der Waals surface area contributed by atoms with Crippen LogP contribution in [0, 0.1) is 23.4 Å². The van der Waals surface area contributed by atoms with Gasteiger partial charge in [-0.25, -0.2) is 13.2 Å². The summed E-state index contributed by atoms with van der Waals surface area (Å²) in [5.74, 6) is -6.37. The van der Waals surface area contributed by atoms with E-state index in [0.29, 0.717) is 11.0 Å². The van der Waals surface area contributed by atoms with Crippen molar-refractivity contribution in [3.8, 4) is 0 Å². The summed E-state index contributed by atoms with van der Waals surface area (Å²) in [6.07, 6.45) is -4.68. The lowest BCUT2D eigenvalue weighted by Gasteiger charge is -2.42. The quantitative estimate of drug-likeness (QED) is 0.589. The molecule has 0 aliphatic carbocycles. The van der Waals surface area contributed by atoms with Gasteiger partial charge >= 0.3 is 6.18 Å². The van der Waals surface area contributed by atoms with Crippen LogP contribution in [0.5, 0.6) is 0 Å². The lowest BCUT2D eigenvalue weighted by molar-refractivity contribution is -0.172. The van der Waals surface area contributed by atoms with Crippen LogP contribution in [0.3, 0.4) is 0 Å². The number of halogens is 6. The molecule has 0 radical (unpaired) electrons. The van der Waals surface area contributed by atoms with Gasteiger partial charge in [-0.15, -0.1) is 0 Å². The Labute approximate surface area is 129 Å². The number of nitrogens with zero attached hydrogens (tertiary/aromatic N) is 1. The van der Waals surface area contributed by atoms with Crippen LogP contribution in [-0.2, 0) is 4.79 Å². The van der Waals surface area contributed by atoms with Crippen molar-refractivity contribution in [2.75, 3.05) is 6.54 Å². The van der Waals surface area contributed by atoms with E-state index in [1.165, 1.54) is 13.8 Å². The minimum absolute atomic E-state index is 0.0499. The summed E-state index contributed by atoms with van der Waals surface area (Å²) in [5, 5.41) is 0. The summed E-state index contributed by atoms with van der Waals surface area (Å²) in [6, 6.07) is 0.241. The molecule has 1 aliphatic rings. The molecule has 1 saturated heterocycles. The Morgan fingerprint density at radius 1 is 1.13 bits per heavy atom. The van der Waals surface area contributed by atoms with E-state index in [1.54, 1.807) is 0 Å². The van der Waals surface area contributed by atoms with Gasteiger partial charge < -0.3 is 4.90 Å². The number of rotatable bonds is 2. The molecule has 1 heterocycles. The van der Waals surface area contributed by atoms with Crippen LogP contribution in [0.25, 0.3) is 0 Å². The topological polar surface area (TPSA) is 20.3 Å². The Morgan fingerprint density at radius 3 is 2.26 bits per heavy atom. The molecule has 1 amide bonds. The van der Waals surface area contributed by atoms with Crippen LogP contribution < -0.4 is 0 Å². The third-order valence-corrected chi connectivity index (χ3v) is 4.19. The molecular weight excluding hydrogens is 324 g/mol. The van der Waals surface area contributed by atoms with Gasteiger partial charge in [-0.3, -0.25) is 4.79 Å². The maximum atomic E-state index is 14.0. The smallest absolute Gasteiger partial charge is 0.330 e. The van der Waals surface area contributed by atoms with Crippen molar-refractivity contribution >= 4 is 5.91 Å². The molecule has 1 aromatic rings. The van der Waals surface area contributed by atoms with Gasteiger partial charge in [-0.05, 0) is 25.5 Å². The minimum atomic E-state index is -4.63. The Balaban J connectivity index is 2.44. The molecule has 8 heteroatoms. The predicted molar refractivity (Wildman–Crippen MR) is 70.1 cm³/mol. The molecule has 1 aromatic carbocycles. The summed E-state index contributed by atoms with van der Waals surface area (Å²) in [7, 11) is 0. The maximum absolute atomic E-state index is 14.0. The number of piperidine rings is 1. The second-order valence-electron chi connectivity index (χ2n) is 5.82. The van der Waals surface area contributed by atoms with E-state index in [2.05, 4.69) is 0 Å². The average molecular weight is 339 g/mol. The number of benzene rings is 1. The molecule has 1 aliphatic heterocycles. The van der Waals surface area contributed by atoms with Gasteiger partial charge in [0.2, 0.25) is 5.91 Å². The molecule has 0 N–H and O–H groups in total. The zero-order chi connectivity index (χ0) is 17.5. The number of carbonyl (C=O) groups is 1. The first-order valence-corrected chi connectivity index (χ1v) is 7.03. The highest BCUT2D eigenvalue weighted by Gasteiger charge is 2.44. The highest BCUT2D eigenvalue weighted by atomic mass is 19.4. The van der Waals surface area contributed by atoms with E-state index < -0.39 is 59.5 Å². The molecule has 0 saturated carbocycles. The monoisotopic (exact) mass is 339 g/mol. The summed E-state index contributed by atoms with van der Waals surface area (Å²) in [4.78, 5) is 12.5. The molecule has 2 rings (SSSR count). The van der Waals surface area contributed by atoms with Crippen molar-refractivity contribution in [3.63, 3.8) is 0 Å². The van der Waals surface area contributed by atoms with E-state index in [9.17, 15) is 31.1 Å². The van der Waals surface area contributed by atoms with Gasteiger partial charge in [-0.2, -0.15) is 13.2 Å². The van der Waals surface area contributed by atoms with Crippen molar-refractivity contribution in [2.45, 2.75) is 38.4 Å². The number of hydrogen-bond donors (Lipinski definition) is 0.